The van der Waals surface area contributed by atoms with Gasteiger partial charge in [0, 0.05) is 24.8 Å². The standard InChI is InChI=1S/C18H19F3N6O/c19-10-5-12(20)15(13(21)6-10)25-18-24-14-7-23-17(22)26-16(14)27(18)11-3-1-9(8-28)2-4-11/h5-7,9,11,28H,1-4,8H2,(H,24,25)(H2,22,23,26)/t9-,11+. The van der Waals surface area contributed by atoms with Crippen LogP contribution in [0, 0.1) is 23.4 Å². The number of aliphatic hydroxyl groups is 1. The summed E-state index contributed by atoms with van der Waals surface area (Å²) in [5.74, 6) is -2.67. The van der Waals surface area contributed by atoms with Crippen molar-refractivity contribution in [2.45, 2.75) is 31.7 Å². The number of halogens is 3. The summed E-state index contributed by atoms with van der Waals surface area (Å²) in [5, 5.41) is 12.0. The molecule has 148 valence electrons. The Labute approximate surface area is 158 Å². The number of hydrogen-bond donors (Lipinski definition) is 3. The van der Waals surface area contributed by atoms with Gasteiger partial charge < -0.3 is 16.2 Å². The van der Waals surface area contributed by atoms with Gasteiger partial charge in [-0.1, -0.05) is 0 Å². The zero-order valence-electron chi connectivity index (χ0n) is 14.9. The lowest BCUT2D eigenvalue weighted by atomic mass is 9.86. The molecule has 0 aliphatic heterocycles. The minimum Gasteiger partial charge on any atom is -0.396 e. The van der Waals surface area contributed by atoms with E-state index in [0.29, 0.717) is 23.3 Å². The molecule has 1 aromatic carbocycles. The Hall–Kier alpha value is -2.88. The smallest absolute Gasteiger partial charge is 0.222 e. The summed E-state index contributed by atoms with van der Waals surface area (Å²) in [6.07, 6.45) is 4.53. The van der Waals surface area contributed by atoms with Crippen LogP contribution in [0.2, 0.25) is 0 Å². The predicted octanol–water partition coefficient (Wildman–Crippen LogP) is 3.29. The van der Waals surface area contributed by atoms with Gasteiger partial charge in [0.25, 0.3) is 0 Å². The summed E-state index contributed by atoms with van der Waals surface area (Å²) in [4.78, 5) is 12.5. The number of nitrogen functional groups attached to an aromatic ring is 1. The van der Waals surface area contributed by atoms with Gasteiger partial charge in [-0.3, -0.25) is 4.57 Å². The molecule has 28 heavy (non-hydrogen) atoms. The Balaban J connectivity index is 1.78. The molecule has 0 amide bonds. The Morgan fingerprint density at radius 3 is 2.43 bits per heavy atom. The number of anilines is 3. The number of rotatable bonds is 4. The maximum Gasteiger partial charge on any atom is 0.222 e. The van der Waals surface area contributed by atoms with E-state index in [-0.39, 0.29) is 30.5 Å². The topological polar surface area (TPSA) is 102 Å². The molecule has 0 bridgehead atoms. The first-order chi connectivity index (χ1) is 13.5. The number of aliphatic hydroxyl groups excluding tert-OH is 1. The number of nitrogens with one attached hydrogen (secondary N) is 1. The molecule has 10 heteroatoms. The van der Waals surface area contributed by atoms with Crippen molar-refractivity contribution in [2.24, 2.45) is 5.92 Å². The number of imidazole rings is 1. The van der Waals surface area contributed by atoms with E-state index in [1.807, 2.05) is 0 Å². The molecule has 1 fully saturated rings. The summed E-state index contributed by atoms with van der Waals surface area (Å²) < 4.78 is 43.2. The zero-order chi connectivity index (χ0) is 19.8. The first-order valence-corrected chi connectivity index (χ1v) is 8.99. The van der Waals surface area contributed by atoms with E-state index >= 15 is 0 Å². The van der Waals surface area contributed by atoms with Crippen LogP contribution in [0.15, 0.2) is 18.3 Å². The third-order valence-electron chi connectivity index (χ3n) is 5.13. The summed E-state index contributed by atoms with van der Waals surface area (Å²) in [7, 11) is 0. The molecule has 0 unspecified atom stereocenters. The molecular formula is C18H19F3N6O. The molecule has 0 radical (unpaired) electrons. The summed E-state index contributed by atoms with van der Waals surface area (Å²) >= 11 is 0. The molecule has 0 spiro atoms. The average Bonchev–Trinajstić information content (AvgIpc) is 3.02. The molecule has 1 aliphatic carbocycles. The van der Waals surface area contributed by atoms with Crippen LogP contribution in [0.5, 0.6) is 0 Å². The van der Waals surface area contributed by atoms with Crippen LogP contribution in [0.25, 0.3) is 11.2 Å². The van der Waals surface area contributed by atoms with E-state index in [1.165, 1.54) is 6.20 Å². The molecule has 1 aliphatic rings. The van der Waals surface area contributed by atoms with Gasteiger partial charge in [0.05, 0.1) is 6.20 Å². The van der Waals surface area contributed by atoms with Crippen molar-refractivity contribution in [2.75, 3.05) is 17.7 Å². The highest BCUT2D eigenvalue weighted by Crippen LogP contribution is 2.37. The molecule has 4 N–H and O–H groups in total. The van der Waals surface area contributed by atoms with Crippen LogP contribution in [0.4, 0.5) is 30.8 Å². The van der Waals surface area contributed by atoms with Crippen molar-refractivity contribution in [3.63, 3.8) is 0 Å². The third-order valence-corrected chi connectivity index (χ3v) is 5.13. The van der Waals surface area contributed by atoms with Crippen LogP contribution < -0.4 is 11.1 Å². The minimum atomic E-state index is -1.06. The molecule has 1 saturated carbocycles. The van der Waals surface area contributed by atoms with Crippen LogP contribution in [0.1, 0.15) is 31.7 Å². The second-order valence-corrected chi connectivity index (χ2v) is 6.97. The van der Waals surface area contributed by atoms with Crippen molar-refractivity contribution >= 4 is 28.7 Å². The summed E-state index contributed by atoms with van der Waals surface area (Å²) in [5.41, 5.74) is 6.09. The Morgan fingerprint density at radius 1 is 1.11 bits per heavy atom. The number of nitrogens with zero attached hydrogens (tertiary/aromatic N) is 4. The highest BCUT2D eigenvalue weighted by Gasteiger charge is 2.27. The Morgan fingerprint density at radius 2 is 1.79 bits per heavy atom. The van der Waals surface area contributed by atoms with E-state index in [2.05, 4.69) is 20.3 Å². The van der Waals surface area contributed by atoms with E-state index in [1.54, 1.807) is 4.57 Å². The van der Waals surface area contributed by atoms with E-state index in [9.17, 15) is 18.3 Å². The summed E-state index contributed by atoms with van der Waals surface area (Å²) in [6.45, 7) is 0.129. The fraction of sp³-hybridized carbons (Fsp3) is 0.389. The van der Waals surface area contributed by atoms with Crippen molar-refractivity contribution < 1.29 is 18.3 Å². The second-order valence-electron chi connectivity index (χ2n) is 6.97. The fourth-order valence-electron chi connectivity index (χ4n) is 3.70. The molecule has 2 heterocycles. The normalized spacial score (nSPS) is 19.9. The molecule has 3 aromatic rings. The second kappa shape index (κ2) is 7.27. The Bertz CT molecular complexity index is 993. The van der Waals surface area contributed by atoms with Crippen LogP contribution in [-0.4, -0.2) is 31.2 Å². The molecular weight excluding hydrogens is 373 g/mol. The van der Waals surface area contributed by atoms with Gasteiger partial charge in [0.1, 0.15) is 17.0 Å². The van der Waals surface area contributed by atoms with Crippen molar-refractivity contribution in [1.29, 1.82) is 0 Å². The number of aromatic nitrogens is 4. The number of hydrogen-bond acceptors (Lipinski definition) is 6. The van der Waals surface area contributed by atoms with Crippen molar-refractivity contribution in [1.82, 2.24) is 19.5 Å². The molecule has 0 atom stereocenters. The monoisotopic (exact) mass is 392 g/mol. The molecule has 7 nitrogen and oxygen atoms in total. The molecule has 0 saturated heterocycles. The average molecular weight is 392 g/mol. The quantitative estimate of drug-likeness (QED) is 0.630. The van der Waals surface area contributed by atoms with Crippen molar-refractivity contribution in [3.05, 3.63) is 35.8 Å². The number of benzene rings is 1. The van der Waals surface area contributed by atoms with Crippen LogP contribution in [-0.2, 0) is 0 Å². The van der Waals surface area contributed by atoms with Crippen molar-refractivity contribution in [3.8, 4) is 0 Å². The van der Waals surface area contributed by atoms with Gasteiger partial charge in [-0.2, -0.15) is 4.98 Å². The first kappa shape index (κ1) is 18.5. The van der Waals surface area contributed by atoms with Crippen LogP contribution >= 0.6 is 0 Å². The largest absolute Gasteiger partial charge is 0.396 e. The SMILES string of the molecule is Nc1ncc2nc(Nc3c(F)cc(F)cc3F)n([C@H]3CC[C@@H](CO)CC3)c2n1. The lowest BCUT2D eigenvalue weighted by Gasteiger charge is -2.29. The summed E-state index contributed by atoms with van der Waals surface area (Å²) in [6, 6.07) is 1.15. The van der Waals surface area contributed by atoms with E-state index < -0.39 is 23.1 Å². The maximum absolute atomic E-state index is 14.1. The van der Waals surface area contributed by atoms with E-state index in [4.69, 9.17) is 5.73 Å². The predicted molar refractivity (Wildman–Crippen MR) is 97.4 cm³/mol. The maximum atomic E-state index is 14.1. The van der Waals surface area contributed by atoms with Gasteiger partial charge in [0.15, 0.2) is 17.3 Å². The highest BCUT2D eigenvalue weighted by atomic mass is 19.1. The minimum absolute atomic E-state index is 0.0452. The molecule has 2 aromatic heterocycles. The lowest BCUT2D eigenvalue weighted by molar-refractivity contribution is 0.170. The fourth-order valence-corrected chi connectivity index (χ4v) is 3.70. The Kier molecular flexibility index (Phi) is 4.80. The zero-order valence-corrected chi connectivity index (χ0v) is 14.9. The van der Waals surface area contributed by atoms with Gasteiger partial charge in [-0.05, 0) is 31.6 Å². The van der Waals surface area contributed by atoms with E-state index in [0.717, 1.165) is 25.7 Å². The van der Waals surface area contributed by atoms with Crippen LogP contribution in [0.3, 0.4) is 0 Å². The highest BCUT2D eigenvalue weighted by molar-refractivity contribution is 5.76. The van der Waals surface area contributed by atoms with Gasteiger partial charge in [0.2, 0.25) is 11.9 Å². The third kappa shape index (κ3) is 3.35. The lowest BCUT2D eigenvalue weighted by Crippen LogP contribution is -2.21. The van der Waals surface area contributed by atoms with Gasteiger partial charge >= 0.3 is 0 Å². The van der Waals surface area contributed by atoms with Gasteiger partial charge in [-0.15, -0.1) is 0 Å². The first-order valence-electron chi connectivity index (χ1n) is 8.99. The number of nitrogens with two attached hydrogens (primary N) is 1. The van der Waals surface area contributed by atoms with Gasteiger partial charge in [-0.25, -0.2) is 23.1 Å². The molecule has 4 rings (SSSR count). The number of fused-ring (bicyclic) bond motifs is 1.